The van der Waals surface area contributed by atoms with Crippen LogP contribution >= 0.6 is 22.6 Å². The normalized spacial score (nSPS) is 10.5. The maximum atomic E-state index is 5.76. The maximum Gasteiger partial charge on any atom is 0.226 e. The van der Waals surface area contributed by atoms with Crippen molar-refractivity contribution in [3.63, 3.8) is 0 Å². The zero-order valence-electron chi connectivity index (χ0n) is 12.0. The van der Waals surface area contributed by atoms with Gasteiger partial charge in [-0.25, -0.2) is 4.98 Å². The molecular weight excluding hydrogens is 393 g/mol. The summed E-state index contributed by atoms with van der Waals surface area (Å²) in [4.78, 5) is 4.45. The predicted octanol–water partition coefficient (Wildman–Crippen LogP) is 4.53. The van der Waals surface area contributed by atoms with Crippen LogP contribution in [0.2, 0.25) is 0 Å². The molecule has 0 radical (unpaired) electrons. The third-order valence-electron chi connectivity index (χ3n) is 3.10. The first kappa shape index (κ1) is 14.9. The Hall–Kier alpha value is -2.02. The summed E-state index contributed by atoms with van der Waals surface area (Å²) in [7, 11) is 1.64. The Labute approximate surface area is 142 Å². The van der Waals surface area contributed by atoms with Gasteiger partial charge in [0.2, 0.25) is 5.89 Å². The molecule has 0 atom stereocenters. The molecule has 2 aromatic carbocycles. The second-order valence-electron chi connectivity index (χ2n) is 4.59. The zero-order chi connectivity index (χ0) is 15.4. The van der Waals surface area contributed by atoms with Crippen molar-refractivity contribution in [3.8, 4) is 23.0 Å². The SMILES string of the molecule is COc1ccc(-c2nc(COc3ccccc3I)co2)cc1. The molecule has 0 aliphatic carbocycles. The fraction of sp³-hybridized carbons (Fsp3) is 0.118. The quantitative estimate of drug-likeness (QED) is 0.583. The van der Waals surface area contributed by atoms with Crippen molar-refractivity contribution in [1.82, 2.24) is 4.98 Å². The Morgan fingerprint density at radius 3 is 2.59 bits per heavy atom. The highest BCUT2D eigenvalue weighted by atomic mass is 127. The number of benzene rings is 2. The van der Waals surface area contributed by atoms with Gasteiger partial charge < -0.3 is 13.9 Å². The van der Waals surface area contributed by atoms with Crippen LogP contribution in [0.25, 0.3) is 11.5 Å². The Morgan fingerprint density at radius 1 is 1.09 bits per heavy atom. The van der Waals surface area contributed by atoms with Gasteiger partial charge in [-0.1, -0.05) is 12.1 Å². The van der Waals surface area contributed by atoms with E-state index in [9.17, 15) is 0 Å². The van der Waals surface area contributed by atoms with Crippen LogP contribution in [0.15, 0.2) is 59.2 Å². The van der Waals surface area contributed by atoms with E-state index < -0.39 is 0 Å². The minimum Gasteiger partial charge on any atom is -0.497 e. The largest absolute Gasteiger partial charge is 0.497 e. The molecule has 0 bridgehead atoms. The van der Waals surface area contributed by atoms with Crippen LogP contribution in [-0.4, -0.2) is 12.1 Å². The van der Waals surface area contributed by atoms with Gasteiger partial charge in [0, 0.05) is 5.56 Å². The molecule has 5 heteroatoms. The van der Waals surface area contributed by atoms with E-state index in [4.69, 9.17) is 13.9 Å². The van der Waals surface area contributed by atoms with Crippen LogP contribution in [0.1, 0.15) is 5.69 Å². The lowest BCUT2D eigenvalue weighted by molar-refractivity contribution is 0.299. The van der Waals surface area contributed by atoms with Gasteiger partial charge in [0.15, 0.2) is 0 Å². The molecule has 112 valence electrons. The van der Waals surface area contributed by atoms with E-state index in [1.54, 1.807) is 13.4 Å². The highest BCUT2D eigenvalue weighted by Crippen LogP contribution is 2.23. The van der Waals surface area contributed by atoms with E-state index >= 15 is 0 Å². The molecule has 0 unspecified atom stereocenters. The monoisotopic (exact) mass is 407 g/mol. The third kappa shape index (κ3) is 3.41. The molecule has 0 aliphatic heterocycles. The lowest BCUT2D eigenvalue weighted by Crippen LogP contribution is -1.97. The molecule has 0 spiro atoms. The smallest absolute Gasteiger partial charge is 0.226 e. The van der Waals surface area contributed by atoms with E-state index in [0.29, 0.717) is 12.5 Å². The number of rotatable bonds is 5. The number of aromatic nitrogens is 1. The van der Waals surface area contributed by atoms with Gasteiger partial charge in [-0.2, -0.15) is 0 Å². The first-order chi connectivity index (χ1) is 10.8. The second-order valence-corrected chi connectivity index (χ2v) is 5.75. The molecule has 1 aromatic heterocycles. The predicted molar refractivity (Wildman–Crippen MR) is 92.0 cm³/mol. The molecule has 0 amide bonds. The van der Waals surface area contributed by atoms with Gasteiger partial charge in [-0.15, -0.1) is 0 Å². The second kappa shape index (κ2) is 6.83. The Bertz CT molecular complexity index is 753. The number of halogens is 1. The van der Waals surface area contributed by atoms with E-state index in [1.165, 1.54) is 0 Å². The summed E-state index contributed by atoms with van der Waals surface area (Å²) in [5.74, 6) is 2.22. The standard InChI is InChI=1S/C17H14INO3/c1-20-14-8-6-12(7-9-14)17-19-13(11-22-17)10-21-16-5-3-2-4-15(16)18/h2-9,11H,10H2,1H3. The first-order valence-electron chi connectivity index (χ1n) is 6.72. The summed E-state index contributed by atoms with van der Waals surface area (Å²) < 4.78 is 17.5. The number of hydrogen-bond acceptors (Lipinski definition) is 4. The minimum atomic E-state index is 0.375. The van der Waals surface area contributed by atoms with E-state index in [1.807, 2.05) is 48.5 Å². The summed E-state index contributed by atoms with van der Waals surface area (Å²) >= 11 is 2.24. The molecule has 0 saturated heterocycles. The molecule has 3 rings (SSSR count). The minimum absolute atomic E-state index is 0.375. The number of nitrogens with zero attached hydrogens (tertiary/aromatic N) is 1. The number of methoxy groups -OCH3 is 1. The van der Waals surface area contributed by atoms with Gasteiger partial charge in [0.25, 0.3) is 0 Å². The fourth-order valence-corrected chi connectivity index (χ4v) is 2.50. The van der Waals surface area contributed by atoms with Crippen molar-refractivity contribution >= 4 is 22.6 Å². The van der Waals surface area contributed by atoms with Crippen LogP contribution in [-0.2, 0) is 6.61 Å². The average molecular weight is 407 g/mol. The molecule has 0 fully saturated rings. The van der Waals surface area contributed by atoms with E-state index in [2.05, 4.69) is 27.6 Å². The number of hydrogen-bond donors (Lipinski definition) is 0. The molecular formula is C17H14INO3. The number of oxazole rings is 1. The Balaban J connectivity index is 1.69. The van der Waals surface area contributed by atoms with E-state index in [-0.39, 0.29) is 0 Å². The summed E-state index contributed by atoms with van der Waals surface area (Å²) in [6, 6.07) is 15.4. The molecule has 0 N–H and O–H groups in total. The lowest BCUT2D eigenvalue weighted by atomic mass is 10.2. The van der Waals surface area contributed by atoms with Crippen LogP contribution in [0.5, 0.6) is 11.5 Å². The third-order valence-corrected chi connectivity index (χ3v) is 3.99. The van der Waals surface area contributed by atoms with Crippen LogP contribution in [0.4, 0.5) is 0 Å². The molecule has 4 nitrogen and oxygen atoms in total. The topological polar surface area (TPSA) is 44.5 Å². The highest BCUT2D eigenvalue weighted by molar-refractivity contribution is 14.1. The summed E-state index contributed by atoms with van der Waals surface area (Å²) in [6.45, 7) is 0.375. The van der Waals surface area contributed by atoms with Gasteiger partial charge in [0.1, 0.15) is 30.1 Å². The van der Waals surface area contributed by atoms with Crippen molar-refractivity contribution < 1.29 is 13.9 Å². The molecule has 1 heterocycles. The van der Waals surface area contributed by atoms with Crippen LogP contribution < -0.4 is 9.47 Å². The molecule has 0 saturated carbocycles. The van der Waals surface area contributed by atoms with Crippen LogP contribution in [0, 0.1) is 3.57 Å². The Morgan fingerprint density at radius 2 is 1.86 bits per heavy atom. The average Bonchev–Trinajstić information content (AvgIpc) is 3.03. The van der Waals surface area contributed by atoms with Crippen molar-refractivity contribution in [3.05, 3.63) is 64.1 Å². The molecule has 0 aliphatic rings. The molecule has 22 heavy (non-hydrogen) atoms. The van der Waals surface area contributed by atoms with Crippen molar-refractivity contribution in [2.75, 3.05) is 7.11 Å². The summed E-state index contributed by atoms with van der Waals surface area (Å²) in [5.41, 5.74) is 1.66. The van der Waals surface area contributed by atoms with Crippen molar-refractivity contribution in [2.45, 2.75) is 6.61 Å². The number of para-hydroxylation sites is 1. The highest BCUT2D eigenvalue weighted by Gasteiger charge is 2.08. The maximum absolute atomic E-state index is 5.76. The van der Waals surface area contributed by atoms with Gasteiger partial charge >= 0.3 is 0 Å². The van der Waals surface area contributed by atoms with Crippen molar-refractivity contribution in [2.24, 2.45) is 0 Å². The lowest BCUT2D eigenvalue weighted by Gasteiger charge is -2.05. The fourth-order valence-electron chi connectivity index (χ4n) is 1.95. The van der Waals surface area contributed by atoms with Gasteiger partial charge in [0.05, 0.1) is 10.7 Å². The first-order valence-corrected chi connectivity index (χ1v) is 7.80. The van der Waals surface area contributed by atoms with E-state index in [0.717, 1.165) is 26.3 Å². The van der Waals surface area contributed by atoms with Crippen molar-refractivity contribution in [1.29, 1.82) is 0 Å². The summed E-state index contributed by atoms with van der Waals surface area (Å²) in [6.07, 6.45) is 1.62. The zero-order valence-corrected chi connectivity index (χ0v) is 14.1. The molecule has 3 aromatic rings. The van der Waals surface area contributed by atoms with Crippen LogP contribution in [0.3, 0.4) is 0 Å². The summed E-state index contributed by atoms with van der Waals surface area (Å²) in [5, 5.41) is 0. The number of ether oxygens (including phenoxy) is 2. The Kier molecular flexibility index (Phi) is 4.62. The van der Waals surface area contributed by atoms with Gasteiger partial charge in [-0.3, -0.25) is 0 Å². The van der Waals surface area contributed by atoms with Gasteiger partial charge in [-0.05, 0) is 59.0 Å².